The third-order valence-corrected chi connectivity index (χ3v) is 7.08. The first-order valence-corrected chi connectivity index (χ1v) is 10.2. The van der Waals surface area contributed by atoms with Gasteiger partial charge in [-0.25, -0.2) is 0 Å². The molecular formula is C24H19NOS. The van der Waals surface area contributed by atoms with Crippen molar-refractivity contribution in [3.8, 4) is 22.8 Å². The van der Waals surface area contributed by atoms with Crippen molar-refractivity contribution in [2.75, 3.05) is 0 Å². The number of aromatic nitrogens is 1. The normalized spacial score (nSPS) is 14.1. The van der Waals surface area contributed by atoms with Gasteiger partial charge in [-0.2, -0.15) is 0 Å². The number of hydrogen-bond donors (Lipinski definition) is 1. The van der Waals surface area contributed by atoms with Crippen LogP contribution in [0.25, 0.3) is 22.2 Å². The van der Waals surface area contributed by atoms with E-state index in [-0.39, 0.29) is 0 Å². The monoisotopic (exact) mass is 369 g/mol. The van der Waals surface area contributed by atoms with Crippen LogP contribution < -0.4 is 4.74 Å². The highest BCUT2D eigenvalue weighted by molar-refractivity contribution is 7.99. The summed E-state index contributed by atoms with van der Waals surface area (Å²) in [7, 11) is 0. The lowest BCUT2D eigenvalue weighted by molar-refractivity contribution is 0.454. The number of ether oxygens (including phenoxy) is 1. The molecule has 0 bridgehead atoms. The lowest BCUT2D eigenvalue weighted by atomic mass is 9.88. The maximum Gasteiger partial charge on any atom is 0.142 e. The van der Waals surface area contributed by atoms with Crippen LogP contribution in [0.3, 0.4) is 0 Å². The fourth-order valence-corrected chi connectivity index (χ4v) is 5.37. The lowest BCUT2D eigenvalue weighted by Crippen LogP contribution is -2.05. The molecule has 0 saturated heterocycles. The molecule has 2 heterocycles. The molecule has 4 aromatic rings. The summed E-state index contributed by atoms with van der Waals surface area (Å²) in [6.45, 7) is 4.39. The molecule has 0 atom stereocenters. The Hall–Kier alpha value is -2.65. The van der Waals surface area contributed by atoms with Crippen molar-refractivity contribution in [2.45, 2.75) is 36.5 Å². The molecule has 3 aromatic carbocycles. The number of H-pyrrole nitrogens is 1. The van der Waals surface area contributed by atoms with E-state index >= 15 is 0 Å². The van der Waals surface area contributed by atoms with Gasteiger partial charge in [0.1, 0.15) is 11.5 Å². The maximum absolute atomic E-state index is 6.24. The molecule has 3 heteroatoms. The summed E-state index contributed by atoms with van der Waals surface area (Å²) in [4.78, 5) is 6.16. The molecule has 2 aliphatic rings. The van der Waals surface area contributed by atoms with Gasteiger partial charge in [0, 0.05) is 16.5 Å². The molecule has 1 aromatic heterocycles. The second-order valence-electron chi connectivity index (χ2n) is 7.52. The number of nitrogens with one attached hydrogen (secondary N) is 1. The SMILES string of the molecule is Cc1ccc2c3c([nH]c2c1C)-c1cc2c(cc1CC3)Sc1ccccc1O2. The predicted molar refractivity (Wildman–Crippen MR) is 111 cm³/mol. The molecule has 0 saturated carbocycles. The fourth-order valence-electron chi connectivity index (χ4n) is 4.37. The molecule has 0 radical (unpaired) electrons. The summed E-state index contributed by atoms with van der Waals surface area (Å²) >= 11 is 1.81. The maximum atomic E-state index is 6.24. The van der Waals surface area contributed by atoms with E-state index in [0.717, 1.165) is 24.3 Å². The van der Waals surface area contributed by atoms with E-state index < -0.39 is 0 Å². The molecular weight excluding hydrogens is 350 g/mol. The Kier molecular flexibility index (Phi) is 3.10. The van der Waals surface area contributed by atoms with E-state index in [1.54, 1.807) is 0 Å². The van der Waals surface area contributed by atoms with Crippen molar-refractivity contribution in [3.63, 3.8) is 0 Å². The fraction of sp³-hybridized carbons (Fsp3) is 0.167. The molecule has 2 nitrogen and oxygen atoms in total. The number of rotatable bonds is 0. The van der Waals surface area contributed by atoms with E-state index in [2.05, 4.69) is 55.2 Å². The van der Waals surface area contributed by atoms with Crippen LogP contribution in [-0.4, -0.2) is 4.98 Å². The Morgan fingerprint density at radius 3 is 2.74 bits per heavy atom. The van der Waals surface area contributed by atoms with Gasteiger partial charge in [-0.3, -0.25) is 0 Å². The number of para-hydroxylation sites is 1. The first-order chi connectivity index (χ1) is 13.2. The molecule has 6 rings (SSSR count). The Morgan fingerprint density at radius 1 is 0.926 bits per heavy atom. The zero-order valence-corrected chi connectivity index (χ0v) is 16.2. The molecule has 0 spiro atoms. The van der Waals surface area contributed by atoms with Gasteiger partial charge in [0.05, 0.1) is 15.5 Å². The zero-order chi connectivity index (χ0) is 18.1. The molecule has 1 N–H and O–H groups in total. The van der Waals surface area contributed by atoms with E-state index in [4.69, 9.17) is 4.74 Å². The second kappa shape index (κ2) is 5.43. The largest absolute Gasteiger partial charge is 0.455 e. The van der Waals surface area contributed by atoms with Crippen molar-refractivity contribution in [2.24, 2.45) is 0 Å². The van der Waals surface area contributed by atoms with Gasteiger partial charge in [0.2, 0.25) is 0 Å². The minimum absolute atomic E-state index is 0.953. The molecule has 0 fully saturated rings. The Bertz CT molecular complexity index is 1250. The van der Waals surface area contributed by atoms with Crippen LogP contribution in [0.5, 0.6) is 11.5 Å². The molecule has 1 aliphatic carbocycles. The molecule has 0 unspecified atom stereocenters. The molecule has 0 amide bonds. The smallest absolute Gasteiger partial charge is 0.142 e. The zero-order valence-electron chi connectivity index (χ0n) is 15.3. The third-order valence-electron chi connectivity index (χ3n) is 5.98. The van der Waals surface area contributed by atoms with Crippen LogP contribution in [0.15, 0.2) is 58.3 Å². The molecule has 132 valence electrons. The van der Waals surface area contributed by atoms with Gasteiger partial charge < -0.3 is 9.72 Å². The standard InChI is InChI=1S/C24H19NOS/c1-13-7-9-16-17-10-8-15-11-22-20(26-19-5-3-4-6-21(19)27-22)12-18(15)24(17)25-23(16)14(13)2/h3-7,9,11-12,25H,8,10H2,1-2H3. The summed E-state index contributed by atoms with van der Waals surface area (Å²) < 4.78 is 6.24. The Labute approximate surface area is 162 Å². The summed E-state index contributed by atoms with van der Waals surface area (Å²) in [5.74, 6) is 1.92. The minimum Gasteiger partial charge on any atom is -0.455 e. The summed E-state index contributed by atoms with van der Waals surface area (Å²) in [5, 5.41) is 1.37. The lowest BCUT2D eigenvalue weighted by Gasteiger charge is -2.24. The topological polar surface area (TPSA) is 25.0 Å². The number of aryl methyl sites for hydroxylation is 4. The van der Waals surface area contributed by atoms with E-state index in [0.29, 0.717) is 0 Å². The van der Waals surface area contributed by atoms with Crippen molar-refractivity contribution in [1.29, 1.82) is 0 Å². The Morgan fingerprint density at radius 2 is 1.81 bits per heavy atom. The van der Waals surface area contributed by atoms with Gasteiger partial charge in [-0.1, -0.05) is 36.0 Å². The van der Waals surface area contributed by atoms with Gasteiger partial charge >= 0.3 is 0 Å². The predicted octanol–water partition coefficient (Wildman–Crippen LogP) is 6.81. The van der Waals surface area contributed by atoms with Gasteiger partial charge in [0.25, 0.3) is 0 Å². The van der Waals surface area contributed by atoms with E-state index in [1.807, 2.05) is 23.9 Å². The molecule has 27 heavy (non-hydrogen) atoms. The average Bonchev–Trinajstić information content (AvgIpc) is 3.07. The highest BCUT2D eigenvalue weighted by Gasteiger charge is 2.26. The first kappa shape index (κ1) is 15.4. The van der Waals surface area contributed by atoms with Crippen molar-refractivity contribution < 1.29 is 4.74 Å². The number of benzene rings is 3. The van der Waals surface area contributed by atoms with Crippen molar-refractivity contribution in [3.05, 3.63) is 70.8 Å². The van der Waals surface area contributed by atoms with Crippen molar-refractivity contribution >= 4 is 22.7 Å². The van der Waals surface area contributed by atoms with Crippen LogP contribution in [0, 0.1) is 13.8 Å². The van der Waals surface area contributed by atoms with Crippen LogP contribution in [0.1, 0.15) is 22.3 Å². The highest BCUT2D eigenvalue weighted by Crippen LogP contribution is 2.50. The number of fused-ring (bicyclic) bond motifs is 7. The van der Waals surface area contributed by atoms with Crippen LogP contribution >= 0.6 is 11.8 Å². The van der Waals surface area contributed by atoms with Crippen LogP contribution in [0.4, 0.5) is 0 Å². The minimum atomic E-state index is 0.953. The van der Waals surface area contributed by atoms with Gasteiger partial charge in [0.15, 0.2) is 0 Å². The van der Waals surface area contributed by atoms with Gasteiger partial charge in [-0.05, 0) is 73.2 Å². The summed E-state index contributed by atoms with van der Waals surface area (Å²) in [6.07, 6.45) is 2.17. The van der Waals surface area contributed by atoms with Gasteiger partial charge in [-0.15, -0.1) is 0 Å². The average molecular weight is 369 g/mol. The van der Waals surface area contributed by atoms with Crippen molar-refractivity contribution in [1.82, 2.24) is 4.98 Å². The second-order valence-corrected chi connectivity index (χ2v) is 8.60. The van der Waals surface area contributed by atoms with E-state index in [1.165, 1.54) is 54.2 Å². The third kappa shape index (κ3) is 2.15. The number of hydrogen-bond acceptors (Lipinski definition) is 2. The summed E-state index contributed by atoms with van der Waals surface area (Å²) in [6, 6.07) is 17.4. The first-order valence-electron chi connectivity index (χ1n) is 9.42. The van der Waals surface area contributed by atoms with E-state index in [9.17, 15) is 0 Å². The Balaban J connectivity index is 1.56. The van der Waals surface area contributed by atoms with Crippen LogP contribution in [0.2, 0.25) is 0 Å². The molecule has 1 aliphatic heterocycles. The number of aromatic amines is 1. The highest BCUT2D eigenvalue weighted by atomic mass is 32.2. The van der Waals surface area contributed by atoms with Crippen LogP contribution in [-0.2, 0) is 12.8 Å². The quantitative estimate of drug-likeness (QED) is 0.324. The summed E-state index contributed by atoms with van der Waals surface area (Å²) in [5.41, 5.74) is 9.40.